The number of carbonyl (C=O) groups is 1. The van der Waals surface area contributed by atoms with Crippen LogP contribution in [0.15, 0.2) is 24.4 Å². The van der Waals surface area contributed by atoms with E-state index in [-0.39, 0.29) is 11.8 Å². The standard InChI is InChI=1S/C23H28F3N3O3/c24-23(25,26)13-29-9-15-5-14(6-16(15)10-29)3-4-32-18-1-2-20-19(7-18)21(8-27-20)28-22(30)17-11-31-12-17/h1-2,7-8,14-17,27H,3-6,9-13H2,(H,28,30)/t14?,15-,16+. The van der Waals surface area contributed by atoms with Gasteiger partial charge < -0.3 is 19.8 Å². The van der Waals surface area contributed by atoms with Gasteiger partial charge in [-0.2, -0.15) is 13.2 Å². The number of fused-ring (bicyclic) bond motifs is 2. The van der Waals surface area contributed by atoms with Crippen LogP contribution in [0.2, 0.25) is 0 Å². The third kappa shape index (κ3) is 4.73. The van der Waals surface area contributed by atoms with Crippen LogP contribution in [0.1, 0.15) is 19.3 Å². The first-order valence-electron chi connectivity index (χ1n) is 11.3. The second-order valence-corrected chi connectivity index (χ2v) is 9.44. The summed E-state index contributed by atoms with van der Waals surface area (Å²) in [7, 11) is 0. The van der Waals surface area contributed by atoms with Gasteiger partial charge in [-0.25, -0.2) is 0 Å². The first-order valence-corrected chi connectivity index (χ1v) is 11.3. The third-order valence-electron chi connectivity index (χ3n) is 7.04. The van der Waals surface area contributed by atoms with E-state index in [4.69, 9.17) is 9.47 Å². The number of benzene rings is 1. The molecule has 3 heterocycles. The number of halogens is 3. The molecule has 3 fully saturated rings. The molecule has 174 valence electrons. The van der Waals surface area contributed by atoms with Crippen molar-refractivity contribution in [3.63, 3.8) is 0 Å². The van der Waals surface area contributed by atoms with Crippen molar-refractivity contribution in [1.29, 1.82) is 0 Å². The number of rotatable bonds is 7. The number of carbonyl (C=O) groups excluding carboxylic acids is 1. The van der Waals surface area contributed by atoms with Gasteiger partial charge in [0, 0.05) is 30.2 Å². The summed E-state index contributed by atoms with van der Waals surface area (Å²) in [5.74, 6) is 1.88. The van der Waals surface area contributed by atoms with Crippen LogP contribution in [0.5, 0.6) is 5.75 Å². The minimum Gasteiger partial charge on any atom is -0.494 e. The van der Waals surface area contributed by atoms with Crippen molar-refractivity contribution in [3.05, 3.63) is 24.4 Å². The second kappa shape index (κ2) is 8.59. The van der Waals surface area contributed by atoms with E-state index in [0.29, 0.717) is 50.7 Å². The summed E-state index contributed by atoms with van der Waals surface area (Å²) >= 11 is 0. The minimum atomic E-state index is -4.11. The summed E-state index contributed by atoms with van der Waals surface area (Å²) in [6, 6.07) is 5.77. The zero-order chi connectivity index (χ0) is 22.3. The van der Waals surface area contributed by atoms with Crippen LogP contribution in [-0.4, -0.2) is 61.4 Å². The summed E-state index contributed by atoms with van der Waals surface area (Å²) in [6.07, 6.45) is 0.551. The van der Waals surface area contributed by atoms with Gasteiger partial charge >= 0.3 is 6.18 Å². The Morgan fingerprint density at radius 3 is 2.62 bits per heavy atom. The number of alkyl halides is 3. The molecule has 1 aromatic heterocycles. The number of hydrogen-bond acceptors (Lipinski definition) is 4. The summed E-state index contributed by atoms with van der Waals surface area (Å²) in [6.45, 7) is 1.84. The molecular formula is C23H28F3N3O3. The molecule has 9 heteroatoms. The summed E-state index contributed by atoms with van der Waals surface area (Å²) < 4.78 is 48.9. The van der Waals surface area contributed by atoms with E-state index in [1.807, 2.05) is 18.2 Å². The largest absolute Gasteiger partial charge is 0.494 e. The van der Waals surface area contributed by atoms with E-state index < -0.39 is 12.7 Å². The highest BCUT2D eigenvalue weighted by atomic mass is 19.4. The number of likely N-dealkylation sites (tertiary alicyclic amines) is 1. The molecule has 1 saturated carbocycles. The molecule has 0 radical (unpaired) electrons. The van der Waals surface area contributed by atoms with E-state index in [2.05, 4.69) is 10.3 Å². The van der Waals surface area contributed by atoms with Gasteiger partial charge in [-0.05, 0) is 55.2 Å². The fourth-order valence-corrected chi connectivity index (χ4v) is 5.40. The van der Waals surface area contributed by atoms with Crippen molar-refractivity contribution in [2.45, 2.75) is 25.4 Å². The highest BCUT2D eigenvalue weighted by molar-refractivity contribution is 6.03. The number of amides is 1. The van der Waals surface area contributed by atoms with E-state index >= 15 is 0 Å². The average Bonchev–Trinajstić information content (AvgIpc) is 3.32. The van der Waals surface area contributed by atoms with E-state index in [1.165, 1.54) is 0 Å². The fraction of sp³-hybridized carbons (Fsp3) is 0.609. The topological polar surface area (TPSA) is 66.6 Å². The lowest BCUT2D eigenvalue weighted by atomic mass is 10.0. The predicted octanol–water partition coefficient (Wildman–Crippen LogP) is 4.04. The molecule has 3 aliphatic rings. The van der Waals surface area contributed by atoms with Gasteiger partial charge in [0.25, 0.3) is 0 Å². The molecule has 3 atom stereocenters. The van der Waals surface area contributed by atoms with Crippen LogP contribution < -0.4 is 10.1 Å². The smallest absolute Gasteiger partial charge is 0.401 e. The van der Waals surface area contributed by atoms with Gasteiger partial charge in [-0.3, -0.25) is 9.69 Å². The second-order valence-electron chi connectivity index (χ2n) is 9.44. The fourth-order valence-electron chi connectivity index (χ4n) is 5.40. The molecule has 2 aliphatic heterocycles. The highest BCUT2D eigenvalue weighted by Crippen LogP contribution is 2.43. The Hall–Kier alpha value is -2.26. The lowest BCUT2D eigenvalue weighted by molar-refractivity contribution is -0.144. The molecule has 5 rings (SSSR count). The van der Waals surface area contributed by atoms with Gasteiger partial charge in [0.05, 0.1) is 38.0 Å². The van der Waals surface area contributed by atoms with Crippen LogP contribution in [-0.2, 0) is 9.53 Å². The molecule has 1 aromatic carbocycles. The van der Waals surface area contributed by atoms with Gasteiger partial charge in [-0.15, -0.1) is 0 Å². The Morgan fingerprint density at radius 2 is 1.97 bits per heavy atom. The molecule has 32 heavy (non-hydrogen) atoms. The van der Waals surface area contributed by atoms with Crippen LogP contribution in [0.4, 0.5) is 18.9 Å². The maximum Gasteiger partial charge on any atom is 0.401 e. The zero-order valence-corrected chi connectivity index (χ0v) is 17.8. The SMILES string of the molecule is O=C(Nc1c[nH]c2ccc(OCCC3C[C@@H]4CN(CC(F)(F)F)C[C@@H]4C3)cc12)C1COC1. The molecule has 1 unspecified atom stereocenters. The Bertz CT molecular complexity index is 958. The van der Waals surface area contributed by atoms with Gasteiger partial charge in [0.1, 0.15) is 5.75 Å². The van der Waals surface area contributed by atoms with Crippen LogP contribution in [0.3, 0.4) is 0 Å². The third-order valence-corrected chi connectivity index (χ3v) is 7.04. The molecule has 2 aromatic rings. The van der Waals surface area contributed by atoms with Crippen LogP contribution in [0, 0.1) is 23.7 Å². The molecule has 1 aliphatic carbocycles. The maximum absolute atomic E-state index is 12.6. The Balaban J connectivity index is 1.11. The number of anilines is 1. The molecule has 0 spiro atoms. The lowest BCUT2D eigenvalue weighted by Gasteiger charge is -2.24. The zero-order valence-electron chi connectivity index (χ0n) is 17.8. The molecule has 2 saturated heterocycles. The average molecular weight is 451 g/mol. The molecular weight excluding hydrogens is 423 g/mol. The quantitative estimate of drug-likeness (QED) is 0.667. The highest BCUT2D eigenvalue weighted by Gasteiger charge is 2.43. The summed E-state index contributed by atoms with van der Waals surface area (Å²) in [5, 5.41) is 3.85. The first kappa shape index (κ1) is 21.6. The van der Waals surface area contributed by atoms with Crippen molar-refractivity contribution in [2.75, 3.05) is 44.8 Å². The van der Waals surface area contributed by atoms with Crippen LogP contribution in [0.25, 0.3) is 10.9 Å². The minimum absolute atomic E-state index is 0.0379. The van der Waals surface area contributed by atoms with Crippen LogP contribution >= 0.6 is 0 Å². The van der Waals surface area contributed by atoms with Crippen molar-refractivity contribution in [1.82, 2.24) is 9.88 Å². The number of ether oxygens (including phenoxy) is 2. The van der Waals surface area contributed by atoms with Crippen molar-refractivity contribution in [2.24, 2.45) is 23.7 Å². The van der Waals surface area contributed by atoms with Crippen molar-refractivity contribution < 1.29 is 27.4 Å². The number of aromatic amines is 1. The summed E-state index contributed by atoms with van der Waals surface area (Å²) in [5.41, 5.74) is 1.65. The normalized spacial score (nSPS) is 26.3. The van der Waals surface area contributed by atoms with Crippen molar-refractivity contribution in [3.8, 4) is 5.75 Å². The maximum atomic E-state index is 12.6. The molecule has 6 nitrogen and oxygen atoms in total. The molecule has 1 amide bonds. The van der Waals surface area contributed by atoms with Crippen molar-refractivity contribution >= 4 is 22.5 Å². The number of nitrogens with zero attached hydrogens (tertiary/aromatic N) is 1. The Morgan fingerprint density at radius 1 is 1.22 bits per heavy atom. The predicted molar refractivity (Wildman–Crippen MR) is 114 cm³/mol. The molecule has 2 N–H and O–H groups in total. The monoisotopic (exact) mass is 451 g/mol. The number of nitrogens with one attached hydrogen (secondary N) is 2. The number of hydrogen-bond donors (Lipinski definition) is 2. The number of aromatic nitrogens is 1. The Kier molecular flexibility index (Phi) is 5.79. The number of H-pyrrole nitrogens is 1. The van der Waals surface area contributed by atoms with E-state index in [0.717, 1.165) is 41.6 Å². The van der Waals surface area contributed by atoms with Gasteiger partial charge in [-0.1, -0.05) is 0 Å². The summed E-state index contributed by atoms with van der Waals surface area (Å²) in [4.78, 5) is 16.9. The van der Waals surface area contributed by atoms with E-state index in [1.54, 1.807) is 11.1 Å². The first-order chi connectivity index (χ1) is 15.3. The Labute approximate surface area is 184 Å². The van der Waals surface area contributed by atoms with E-state index in [9.17, 15) is 18.0 Å². The van der Waals surface area contributed by atoms with Gasteiger partial charge in [0.2, 0.25) is 5.91 Å². The van der Waals surface area contributed by atoms with Gasteiger partial charge in [0.15, 0.2) is 0 Å². The lowest BCUT2D eigenvalue weighted by Crippen LogP contribution is -2.38. The molecule has 0 bridgehead atoms.